The van der Waals surface area contributed by atoms with Crippen molar-refractivity contribution < 1.29 is 9.63 Å². The molecule has 1 N–H and O–H groups in total. The highest BCUT2D eigenvalue weighted by molar-refractivity contribution is 5.20. The second kappa shape index (κ2) is 4.94. The van der Waals surface area contributed by atoms with Crippen LogP contribution in [0.1, 0.15) is 29.9 Å². The number of rotatable bonds is 4. The van der Waals surface area contributed by atoms with Crippen molar-refractivity contribution >= 4 is 0 Å². The summed E-state index contributed by atoms with van der Waals surface area (Å²) < 4.78 is 4.95. The summed E-state index contributed by atoms with van der Waals surface area (Å²) in [5, 5.41) is 12.8. The fourth-order valence-electron chi connectivity index (χ4n) is 1.74. The highest BCUT2D eigenvalue weighted by Gasteiger charge is 2.09. The number of aliphatic hydroxyl groups is 1. The third kappa shape index (κ3) is 2.49. The Balaban J connectivity index is 2.05. The average Bonchev–Trinajstić information content (AvgIpc) is 2.78. The van der Waals surface area contributed by atoms with Gasteiger partial charge in [0.25, 0.3) is 0 Å². The summed E-state index contributed by atoms with van der Waals surface area (Å²) in [7, 11) is 0. The first kappa shape index (κ1) is 10.9. The van der Waals surface area contributed by atoms with E-state index in [1.54, 1.807) is 6.07 Å². The lowest BCUT2D eigenvalue weighted by molar-refractivity contribution is 0.228. The monoisotopic (exact) mass is 217 g/mol. The van der Waals surface area contributed by atoms with Crippen LogP contribution < -0.4 is 0 Å². The molecular formula is C13H15NO2. The minimum Gasteiger partial charge on any atom is -0.388 e. The van der Waals surface area contributed by atoms with Gasteiger partial charge in [0.05, 0.1) is 5.69 Å². The maximum atomic E-state index is 8.87. The fraction of sp³-hybridized carbons (Fsp3) is 0.308. The molecule has 0 amide bonds. The molecule has 3 nitrogen and oxygen atoms in total. The van der Waals surface area contributed by atoms with Crippen LogP contribution in [-0.4, -0.2) is 10.3 Å². The van der Waals surface area contributed by atoms with Crippen molar-refractivity contribution in [1.29, 1.82) is 0 Å². The lowest BCUT2D eigenvalue weighted by Crippen LogP contribution is -1.98. The van der Waals surface area contributed by atoms with Crippen molar-refractivity contribution in [3.05, 3.63) is 53.4 Å². The minimum atomic E-state index is -0.0906. The Morgan fingerprint density at radius 1 is 1.31 bits per heavy atom. The van der Waals surface area contributed by atoms with Gasteiger partial charge < -0.3 is 9.63 Å². The van der Waals surface area contributed by atoms with Gasteiger partial charge in [0.1, 0.15) is 6.61 Å². The molecule has 0 aliphatic carbocycles. The molecule has 2 rings (SSSR count). The lowest BCUT2D eigenvalue weighted by atomic mass is 9.96. The molecule has 0 saturated heterocycles. The summed E-state index contributed by atoms with van der Waals surface area (Å²) in [5.74, 6) is 0.924. The van der Waals surface area contributed by atoms with Crippen LogP contribution in [0.5, 0.6) is 0 Å². The molecule has 1 unspecified atom stereocenters. The van der Waals surface area contributed by atoms with Crippen LogP contribution in [0.15, 0.2) is 40.9 Å². The number of hydrogen-bond acceptors (Lipinski definition) is 3. The highest BCUT2D eigenvalue weighted by atomic mass is 16.5. The van der Waals surface area contributed by atoms with Crippen molar-refractivity contribution in [2.24, 2.45) is 0 Å². The Morgan fingerprint density at radius 3 is 2.69 bits per heavy atom. The summed E-state index contributed by atoms with van der Waals surface area (Å²) in [6.07, 6.45) is 0.827. The maximum absolute atomic E-state index is 8.87. The van der Waals surface area contributed by atoms with Crippen molar-refractivity contribution in [2.75, 3.05) is 0 Å². The molecule has 1 aromatic heterocycles. The Labute approximate surface area is 94.7 Å². The average molecular weight is 217 g/mol. The first-order chi connectivity index (χ1) is 7.79. The summed E-state index contributed by atoms with van der Waals surface area (Å²) >= 11 is 0. The van der Waals surface area contributed by atoms with E-state index in [2.05, 4.69) is 24.2 Å². The zero-order chi connectivity index (χ0) is 11.4. The molecule has 1 heterocycles. The van der Waals surface area contributed by atoms with Gasteiger partial charge in [-0.05, 0) is 17.9 Å². The molecule has 1 atom stereocenters. The third-order valence-corrected chi connectivity index (χ3v) is 2.65. The van der Waals surface area contributed by atoms with Gasteiger partial charge in [0, 0.05) is 6.07 Å². The van der Waals surface area contributed by atoms with Gasteiger partial charge in [0.2, 0.25) is 0 Å². The Kier molecular flexibility index (Phi) is 3.37. The van der Waals surface area contributed by atoms with Gasteiger partial charge in [-0.3, -0.25) is 0 Å². The number of aromatic nitrogens is 1. The van der Waals surface area contributed by atoms with Crippen LogP contribution in [-0.2, 0) is 13.0 Å². The number of nitrogens with zero attached hydrogens (tertiary/aromatic N) is 1. The summed E-state index contributed by atoms with van der Waals surface area (Å²) in [6.45, 7) is 2.06. The molecule has 0 radical (unpaired) electrons. The largest absolute Gasteiger partial charge is 0.388 e. The molecule has 0 aliphatic rings. The molecule has 84 valence electrons. The first-order valence-corrected chi connectivity index (χ1v) is 5.40. The zero-order valence-electron chi connectivity index (χ0n) is 9.26. The van der Waals surface area contributed by atoms with E-state index in [1.807, 2.05) is 18.2 Å². The third-order valence-electron chi connectivity index (χ3n) is 2.65. The maximum Gasteiger partial charge on any atom is 0.162 e. The normalized spacial score (nSPS) is 12.6. The van der Waals surface area contributed by atoms with Crippen molar-refractivity contribution in [3.8, 4) is 0 Å². The van der Waals surface area contributed by atoms with Crippen molar-refractivity contribution in [3.63, 3.8) is 0 Å². The Bertz CT molecular complexity index is 436. The molecule has 0 aliphatic heterocycles. The second-order valence-electron chi connectivity index (χ2n) is 3.96. The fourth-order valence-corrected chi connectivity index (χ4v) is 1.74. The predicted octanol–water partition coefficient (Wildman–Crippen LogP) is 2.51. The van der Waals surface area contributed by atoms with Crippen molar-refractivity contribution in [1.82, 2.24) is 5.16 Å². The second-order valence-corrected chi connectivity index (χ2v) is 3.96. The predicted molar refractivity (Wildman–Crippen MR) is 61.0 cm³/mol. The molecule has 0 bridgehead atoms. The highest BCUT2D eigenvalue weighted by Crippen LogP contribution is 2.19. The molecule has 0 spiro atoms. The molecule has 16 heavy (non-hydrogen) atoms. The quantitative estimate of drug-likeness (QED) is 0.855. The van der Waals surface area contributed by atoms with E-state index in [0.717, 1.165) is 12.1 Å². The minimum absolute atomic E-state index is 0.0906. The summed E-state index contributed by atoms with van der Waals surface area (Å²) in [5.41, 5.74) is 2.18. The van der Waals surface area contributed by atoms with E-state index in [-0.39, 0.29) is 6.61 Å². The van der Waals surface area contributed by atoms with E-state index in [4.69, 9.17) is 9.63 Å². The van der Waals surface area contributed by atoms with Gasteiger partial charge in [-0.25, -0.2) is 0 Å². The molecule has 0 fully saturated rings. The first-order valence-electron chi connectivity index (χ1n) is 5.40. The Hall–Kier alpha value is -1.61. The van der Waals surface area contributed by atoms with Crippen LogP contribution >= 0.6 is 0 Å². The number of benzene rings is 1. The van der Waals surface area contributed by atoms with Crippen LogP contribution in [0.4, 0.5) is 0 Å². The van der Waals surface area contributed by atoms with E-state index in [1.165, 1.54) is 5.56 Å². The van der Waals surface area contributed by atoms with Crippen LogP contribution in [0.3, 0.4) is 0 Å². The van der Waals surface area contributed by atoms with E-state index in [9.17, 15) is 0 Å². The van der Waals surface area contributed by atoms with Gasteiger partial charge in [-0.1, -0.05) is 42.4 Å². The van der Waals surface area contributed by atoms with Gasteiger partial charge in [0.15, 0.2) is 5.76 Å². The van der Waals surface area contributed by atoms with Crippen LogP contribution in [0.2, 0.25) is 0 Å². The molecule has 1 aromatic carbocycles. The topological polar surface area (TPSA) is 46.3 Å². The lowest BCUT2D eigenvalue weighted by Gasteiger charge is -2.08. The van der Waals surface area contributed by atoms with E-state index < -0.39 is 0 Å². The van der Waals surface area contributed by atoms with Crippen LogP contribution in [0, 0.1) is 0 Å². The molecule has 0 saturated carbocycles. The standard InChI is InChI=1S/C13H15NO2/c1-10(11-5-3-2-4-6-11)7-12-8-13(9-15)16-14-12/h2-6,8,10,15H,7,9H2,1H3. The van der Waals surface area contributed by atoms with E-state index >= 15 is 0 Å². The number of hydrogen-bond donors (Lipinski definition) is 1. The summed E-state index contributed by atoms with van der Waals surface area (Å²) in [4.78, 5) is 0. The van der Waals surface area contributed by atoms with E-state index in [0.29, 0.717) is 11.7 Å². The molecule has 3 heteroatoms. The Morgan fingerprint density at radius 2 is 2.06 bits per heavy atom. The van der Waals surface area contributed by atoms with Crippen molar-refractivity contribution in [2.45, 2.75) is 25.9 Å². The van der Waals surface area contributed by atoms with Gasteiger partial charge in [-0.15, -0.1) is 0 Å². The van der Waals surface area contributed by atoms with Gasteiger partial charge in [-0.2, -0.15) is 0 Å². The van der Waals surface area contributed by atoms with Gasteiger partial charge >= 0.3 is 0 Å². The SMILES string of the molecule is CC(Cc1cc(CO)on1)c1ccccc1. The summed E-state index contributed by atoms with van der Waals surface area (Å²) in [6, 6.07) is 12.1. The molecule has 2 aromatic rings. The zero-order valence-corrected chi connectivity index (χ0v) is 9.26. The van der Waals surface area contributed by atoms with Crippen LogP contribution in [0.25, 0.3) is 0 Å². The smallest absolute Gasteiger partial charge is 0.162 e. The number of aliphatic hydroxyl groups excluding tert-OH is 1. The molecular weight excluding hydrogens is 202 g/mol.